The number of carbonyl (C=O) groups excluding carboxylic acids is 1. The van der Waals surface area contributed by atoms with Gasteiger partial charge in [0.25, 0.3) is 0 Å². The molecule has 0 spiro atoms. The Bertz CT molecular complexity index is 313. The number of aliphatic carboxylic acids is 1. The molecule has 0 saturated carbocycles. The van der Waals surface area contributed by atoms with Crippen molar-refractivity contribution < 1.29 is 14.7 Å². The van der Waals surface area contributed by atoms with Crippen LogP contribution in [-0.4, -0.2) is 41.6 Å². The highest BCUT2D eigenvalue weighted by molar-refractivity contribution is 5.74. The van der Waals surface area contributed by atoms with Crippen molar-refractivity contribution in [2.45, 2.75) is 64.7 Å². The summed E-state index contributed by atoms with van der Waals surface area (Å²) in [6.45, 7) is 4.45. The molecule has 1 rings (SSSR count). The minimum atomic E-state index is -0.738. The number of nitrogens with one attached hydrogen (secondary N) is 1. The smallest absolute Gasteiger partial charge is 0.317 e. The van der Waals surface area contributed by atoms with Crippen molar-refractivity contribution in [2.24, 2.45) is 5.92 Å². The van der Waals surface area contributed by atoms with Crippen LogP contribution in [0.2, 0.25) is 0 Å². The lowest BCUT2D eigenvalue weighted by Crippen LogP contribution is -2.42. The summed E-state index contributed by atoms with van der Waals surface area (Å²) in [5.74, 6) is -0.355. The van der Waals surface area contributed by atoms with E-state index in [-0.39, 0.29) is 12.5 Å². The molecule has 5 nitrogen and oxygen atoms in total. The molecular formula is C16H30N2O3. The van der Waals surface area contributed by atoms with Crippen molar-refractivity contribution >= 4 is 12.0 Å². The van der Waals surface area contributed by atoms with Gasteiger partial charge in [0.1, 0.15) is 0 Å². The first-order valence-electron chi connectivity index (χ1n) is 8.38. The number of carbonyl (C=O) groups is 2. The normalized spacial score (nSPS) is 17.7. The van der Waals surface area contributed by atoms with Gasteiger partial charge in [-0.15, -0.1) is 0 Å². The molecule has 0 radical (unpaired) electrons. The molecule has 0 aromatic rings. The Morgan fingerprint density at radius 1 is 1.10 bits per heavy atom. The van der Waals surface area contributed by atoms with Gasteiger partial charge in [0.05, 0.1) is 0 Å². The van der Waals surface area contributed by atoms with Gasteiger partial charge < -0.3 is 15.3 Å². The van der Waals surface area contributed by atoms with Crippen molar-refractivity contribution in [1.82, 2.24) is 10.2 Å². The molecule has 0 aliphatic carbocycles. The average Bonchev–Trinajstić information content (AvgIpc) is 2.41. The van der Waals surface area contributed by atoms with E-state index in [1.54, 1.807) is 0 Å². The van der Waals surface area contributed by atoms with Gasteiger partial charge in [-0.1, -0.05) is 32.6 Å². The summed E-state index contributed by atoms with van der Waals surface area (Å²) in [5, 5.41) is 11.7. The van der Waals surface area contributed by atoms with Gasteiger partial charge in [-0.25, -0.2) is 4.79 Å². The fraction of sp³-hybridized carbons (Fsp3) is 0.875. The molecule has 2 amide bonds. The number of hydrogen-bond acceptors (Lipinski definition) is 2. The quantitative estimate of drug-likeness (QED) is 0.758. The highest BCUT2D eigenvalue weighted by atomic mass is 16.4. The van der Waals surface area contributed by atoms with Crippen LogP contribution in [0.25, 0.3) is 0 Å². The molecule has 21 heavy (non-hydrogen) atoms. The van der Waals surface area contributed by atoms with E-state index in [9.17, 15) is 9.59 Å². The second-order valence-corrected chi connectivity index (χ2v) is 5.98. The van der Waals surface area contributed by atoms with Gasteiger partial charge in [-0.3, -0.25) is 4.79 Å². The second kappa shape index (κ2) is 10.5. The first-order valence-corrected chi connectivity index (χ1v) is 8.38. The summed E-state index contributed by atoms with van der Waals surface area (Å²) in [6.07, 6.45) is 8.68. The fourth-order valence-electron chi connectivity index (χ4n) is 2.83. The zero-order chi connectivity index (χ0) is 15.5. The molecule has 122 valence electrons. The van der Waals surface area contributed by atoms with E-state index in [1.165, 1.54) is 19.3 Å². The van der Waals surface area contributed by atoms with E-state index in [2.05, 4.69) is 12.2 Å². The van der Waals surface area contributed by atoms with Crippen molar-refractivity contribution in [3.05, 3.63) is 0 Å². The highest BCUT2D eigenvalue weighted by Gasteiger charge is 2.15. The number of amides is 2. The molecule has 2 N–H and O–H groups in total. The van der Waals surface area contributed by atoms with E-state index >= 15 is 0 Å². The Morgan fingerprint density at radius 2 is 1.71 bits per heavy atom. The summed E-state index contributed by atoms with van der Waals surface area (Å²) in [5.41, 5.74) is 0. The van der Waals surface area contributed by atoms with Crippen LogP contribution in [0.5, 0.6) is 0 Å². The maximum atomic E-state index is 12.1. The van der Waals surface area contributed by atoms with Crippen LogP contribution in [0.15, 0.2) is 0 Å². The van der Waals surface area contributed by atoms with Crippen LogP contribution in [0.4, 0.5) is 4.79 Å². The van der Waals surface area contributed by atoms with Gasteiger partial charge in [0.15, 0.2) is 0 Å². The molecule has 1 fully saturated rings. The summed E-state index contributed by atoms with van der Waals surface area (Å²) in [7, 11) is 0. The van der Waals surface area contributed by atoms with Crippen molar-refractivity contribution in [2.75, 3.05) is 19.6 Å². The topological polar surface area (TPSA) is 69.6 Å². The molecule has 1 aliphatic rings. The average molecular weight is 298 g/mol. The van der Waals surface area contributed by atoms with E-state index in [4.69, 9.17) is 5.11 Å². The standard InChI is InChI=1S/C16H30N2O3/c1-2-14(8-9-15(19)20)10-11-17-16(21)18-12-6-4-3-5-7-13-18/h14H,2-13H2,1H3,(H,17,21)(H,19,20). The van der Waals surface area contributed by atoms with Crippen LogP contribution in [0.1, 0.15) is 64.7 Å². The minimum absolute atomic E-state index is 0.0463. The third-order valence-electron chi connectivity index (χ3n) is 4.32. The Hall–Kier alpha value is -1.26. The predicted molar refractivity (Wildman–Crippen MR) is 83.3 cm³/mol. The lowest BCUT2D eigenvalue weighted by molar-refractivity contribution is -0.137. The third-order valence-corrected chi connectivity index (χ3v) is 4.32. The van der Waals surface area contributed by atoms with Gasteiger partial charge >= 0.3 is 12.0 Å². The largest absolute Gasteiger partial charge is 0.481 e. The summed E-state index contributed by atoms with van der Waals surface area (Å²) >= 11 is 0. The number of likely N-dealkylation sites (tertiary alicyclic amines) is 1. The Labute approximate surface area is 128 Å². The van der Waals surface area contributed by atoms with Crippen molar-refractivity contribution in [1.29, 1.82) is 0 Å². The lowest BCUT2D eigenvalue weighted by Gasteiger charge is -2.25. The maximum Gasteiger partial charge on any atom is 0.317 e. The number of urea groups is 1. The van der Waals surface area contributed by atoms with E-state index < -0.39 is 5.97 Å². The van der Waals surface area contributed by atoms with Crippen LogP contribution in [-0.2, 0) is 4.79 Å². The fourth-order valence-corrected chi connectivity index (χ4v) is 2.83. The Morgan fingerprint density at radius 3 is 2.29 bits per heavy atom. The molecule has 1 heterocycles. The van der Waals surface area contributed by atoms with E-state index in [0.29, 0.717) is 18.9 Å². The zero-order valence-corrected chi connectivity index (χ0v) is 13.3. The SMILES string of the molecule is CCC(CCNC(=O)N1CCCCCCC1)CCC(=O)O. The molecule has 1 atom stereocenters. The third kappa shape index (κ3) is 7.93. The molecule has 1 unspecified atom stereocenters. The van der Waals surface area contributed by atoms with Crippen molar-refractivity contribution in [3.8, 4) is 0 Å². The summed E-state index contributed by atoms with van der Waals surface area (Å²) in [4.78, 5) is 24.6. The van der Waals surface area contributed by atoms with Crippen LogP contribution < -0.4 is 5.32 Å². The lowest BCUT2D eigenvalue weighted by atomic mass is 9.97. The molecule has 0 aromatic heterocycles. The molecule has 0 bridgehead atoms. The number of hydrogen-bond donors (Lipinski definition) is 2. The van der Waals surface area contributed by atoms with Gasteiger partial charge in [0, 0.05) is 26.1 Å². The molecular weight excluding hydrogens is 268 g/mol. The molecule has 1 aliphatic heterocycles. The zero-order valence-electron chi connectivity index (χ0n) is 13.3. The Balaban J connectivity index is 2.22. The number of carboxylic acid groups (broad SMARTS) is 1. The van der Waals surface area contributed by atoms with Gasteiger partial charge in [-0.2, -0.15) is 0 Å². The van der Waals surface area contributed by atoms with Crippen LogP contribution in [0.3, 0.4) is 0 Å². The molecule has 5 heteroatoms. The predicted octanol–water partition coefficient (Wildman–Crippen LogP) is 3.24. The van der Waals surface area contributed by atoms with Crippen LogP contribution >= 0.6 is 0 Å². The molecule has 1 saturated heterocycles. The first kappa shape index (κ1) is 17.8. The van der Waals surface area contributed by atoms with Crippen molar-refractivity contribution in [3.63, 3.8) is 0 Å². The Kier molecular flexibility index (Phi) is 8.87. The summed E-state index contributed by atoms with van der Waals surface area (Å²) in [6, 6.07) is 0.0463. The first-order chi connectivity index (χ1) is 10.1. The number of carboxylic acids is 1. The van der Waals surface area contributed by atoms with E-state index in [1.807, 2.05) is 4.90 Å². The molecule has 0 aromatic carbocycles. The number of nitrogens with zero attached hydrogens (tertiary/aromatic N) is 1. The maximum absolute atomic E-state index is 12.1. The monoisotopic (exact) mass is 298 g/mol. The highest BCUT2D eigenvalue weighted by Crippen LogP contribution is 2.15. The van der Waals surface area contributed by atoms with Gasteiger partial charge in [0.2, 0.25) is 0 Å². The summed E-state index contributed by atoms with van der Waals surface area (Å²) < 4.78 is 0. The van der Waals surface area contributed by atoms with E-state index in [0.717, 1.165) is 38.8 Å². The second-order valence-electron chi connectivity index (χ2n) is 5.98. The minimum Gasteiger partial charge on any atom is -0.481 e. The number of rotatable bonds is 7. The van der Waals surface area contributed by atoms with Gasteiger partial charge in [-0.05, 0) is 31.6 Å². The van der Waals surface area contributed by atoms with Crippen LogP contribution in [0, 0.1) is 5.92 Å².